The summed E-state index contributed by atoms with van der Waals surface area (Å²) in [4.78, 5) is 20.9. The van der Waals surface area contributed by atoms with Crippen molar-refractivity contribution >= 4 is 42.4 Å². The molecule has 2 aromatic rings. The Morgan fingerprint density at radius 1 is 0.667 bits per heavy atom. The third-order valence-corrected chi connectivity index (χ3v) is 10.2. The van der Waals surface area contributed by atoms with Gasteiger partial charge >= 0.3 is 103 Å². The van der Waals surface area contributed by atoms with Crippen molar-refractivity contribution in [2.75, 3.05) is 0 Å². The Hall–Kier alpha value is -1.70. The number of rotatable bonds is 12. The summed E-state index contributed by atoms with van der Waals surface area (Å²) >= 11 is -0.740. The minimum absolute atomic E-state index is 0.111. The van der Waals surface area contributed by atoms with E-state index in [0.29, 0.717) is 0 Å². The Bertz CT molecular complexity index is 671. The second-order valence-electron chi connectivity index (χ2n) is 8.03. The van der Waals surface area contributed by atoms with Gasteiger partial charge in [0.15, 0.2) is 0 Å². The number of carbonyl (C=O) groups is 2. The molecule has 2 rings (SSSR count). The number of carboxylic acids is 2. The molecular weight excluding hydrogens is 608 g/mol. The van der Waals surface area contributed by atoms with Crippen LogP contribution in [0.3, 0.4) is 0 Å². The zero-order valence-corrected chi connectivity index (χ0v) is 24.7. The van der Waals surface area contributed by atoms with Gasteiger partial charge in [0.2, 0.25) is 0 Å². The van der Waals surface area contributed by atoms with E-state index < -0.39 is 36.2 Å². The molecule has 2 atom stereocenters. The summed E-state index contributed by atoms with van der Waals surface area (Å²) in [6, 6.07) is 21.7. The number of hydrogen-bond donors (Lipinski definition) is 2. The van der Waals surface area contributed by atoms with Crippen LogP contribution in [0.25, 0.3) is 0 Å². The predicted octanol–water partition coefficient (Wildman–Crippen LogP) is 5.92. The number of carboxylic acid groups (broad SMARTS) is 2. The molecular formula is C28H42O4Pb. The molecule has 0 aliphatic heterocycles. The molecule has 0 saturated carbocycles. The van der Waals surface area contributed by atoms with E-state index in [1.807, 2.05) is 13.8 Å². The number of hydrogen-bond acceptors (Lipinski definition) is 2. The molecule has 0 saturated heterocycles. The van der Waals surface area contributed by atoms with Crippen LogP contribution in [-0.4, -0.2) is 46.4 Å². The second-order valence-corrected chi connectivity index (χ2v) is 13.5. The third kappa shape index (κ3) is 16.5. The summed E-state index contributed by atoms with van der Waals surface area (Å²) in [5.74, 6) is -1.51. The molecule has 0 aliphatic carbocycles. The molecule has 2 radical (unpaired) electrons. The Labute approximate surface area is 213 Å². The SMILES string of the molecule is CCCCC(CC)C(=O)O.CCCCC(CC)C(=O)O.c1cc[c]([Pb][c]2ccccc2)cc1. The van der Waals surface area contributed by atoms with Gasteiger partial charge in [0, 0.05) is 0 Å². The van der Waals surface area contributed by atoms with E-state index in [-0.39, 0.29) is 11.8 Å². The summed E-state index contributed by atoms with van der Waals surface area (Å²) in [5, 5.41) is 17.2. The van der Waals surface area contributed by atoms with Gasteiger partial charge in [-0.05, 0) is 25.7 Å². The first-order valence-corrected chi connectivity index (χ1v) is 16.1. The maximum atomic E-state index is 10.4. The van der Waals surface area contributed by atoms with Gasteiger partial charge in [-0.3, -0.25) is 9.59 Å². The third-order valence-electron chi connectivity index (χ3n) is 5.33. The fraction of sp³-hybridized carbons (Fsp3) is 0.500. The molecule has 0 aliphatic rings. The molecule has 0 aromatic heterocycles. The topological polar surface area (TPSA) is 74.6 Å². The van der Waals surface area contributed by atoms with Crippen molar-refractivity contribution in [2.45, 2.75) is 79.1 Å². The first-order chi connectivity index (χ1) is 15.9. The molecule has 0 bridgehead atoms. The van der Waals surface area contributed by atoms with E-state index in [2.05, 4.69) is 74.5 Å². The standard InChI is InChI=1S/2C8H16O2.2C6H5.Pb/c2*1-3-5-6-7(4-2)8(9)10;2*1-2-4-6-5-3-1;/h2*7H,3-6H2,1-2H3,(H,9,10);2*1-5H;. The van der Waals surface area contributed by atoms with Gasteiger partial charge in [0.1, 0.15) is 0 Å². The quantitative estimate of drug-likeness (QED) is 0.280. The van der Waals surface area contributed by atoms with Gasteiger partial charge in [-0.25, -0.2) is 0 Å². The van der Waals surface area contributed by atoms with Crippen LogP contribution in [-0.2, 0) is 9.59 Å². The molecule has 4 nitrogen and oxygen atoms in total. The van der Waals surface area contributed by atoms with Gasteiger partial charge < -0.3 is 10.2 Å². The van der Waals surface area contributed by atoms with Crippen molar-refractivity contribution in [3.05, 3.63) is 60.7 Å². The molecule has 2 aromatic carbocycles. The summed E-state index contributed by atoms with van der Waals surface area (Å²) in [6.45, 7) is 8.01. The van der Waals surface area contributed by atoms with E-state index in [4.69, 9.17) is 10.2 Å². The second kappa shape index (κ2) is 20.9. The van der Waals surface area contributed by atoms with Crippen LogP contribution >= 0.6 is 0 Å². The molecule has 2 N–H and O–H groups in total. The van der Waals surface area contributed by atoms with Gasteiger partial charge in [-0.15, -0.1) is 0 Å². The fourth-order valence-corrected chi connectivity index (χ4v) is 7.20. The molecule has 0 amide bonds. The zero-order valence-electron chi connectivity index (χ0n) is 20.8. The molecule has 5 heteroatoms. The van der Waals surface area contributed by atoms with Crippen LogP contribution in [0.15, 0.2) is 60.7 Å². The molecule has 0 fully saturated rings. The van der Waals surface area contributed by atoms with Crippen LogP contribution in [0, 0.1) is 11.8 Å². The summed E-state index contributed by atoms with van der Waals surface area (Å²) < 4.78 is 3.13. The molecule has 2 unspecified atom stereocenters. The van der Waals surface area contributed by atoms with Crippen LogP contribution in [0.5, 0.6) is 0 Å². The molecule has 0 spiro atoms. The average molecular weight is 650 g/mol. The molecule has 182 valence electrons. The van der Waals surface area contributed by atoms with Gasteiger partial charge in [-0.2, -0.15) is 0 Å². The molecule has 0 heterocycles. The van der Waals surface area contributed by atoms with Crippen LogP contribution < -0.4 is 6.25 Å². The van der Waals surface area contributed by atoms with E-state index >= 15 is 0 Å². The van der Waals surface area contributed by atoms with Gasteiger partial charge in [-0.1, -0.05) is 53.4 Å². The molecule has 33 heavy (non-hydrogen) atoms. The van der Waals surface area contributed by atoms with Crippen molar-refractivity contribution in [3.8, 4) is 0 Å². The van der Waals surface area contributed by atoms with Crippen molar-refractivity contribution in [1.29, 1.82) is 0 Å². The van der Waals surface area contributed by atoms with Gasteiger partial charge in [0.25, 0.3) is 0 Å². The zero-order chi connectivity index (χ0) is 24.9. The van der Waals surface area contributed by atoms with Crippen LogP contribution in [0.4, 0.5) is 0 Å². The average Bonchev–Trinajstić information content (AvgIpc) is 2.82. The number of unbranched alkanes of at least 4 members (excludes halogenated alkanes) is 2. The minimum atomic E-state index is -0.740. The van der Waals surface area contributed by atoms with E-state index in [9.17, 15) is 9.59 Å². The van der Waals surface area contributed by atoms with E-state index in [1.54, 1.807) is 6.25 Å². The Kier molecular flexibility index (Phi) is 19.8. The van der Waals surface area contributed by atoms with Crippen molar-refractivity contribution in [1.82, 2.24) is 0 Å². The Balaban J connectivity index is 0.000000474. The first kappa shape index (κ1) is 31.3. The summed E-state index contributed by atoms with van der Waals surface area (Å²) in [5.41, 5.74) is 0. The maximum absolute atomic E-state index is 10.4. The summed E-state index contributed by atoms with van der Waals surface area (Å²) in [6.07, 6.45) is 7.43. The number of benzene rings is 2. The van der Waals surface area contributed by atoms with Crippen molar-refractivity contribution in [2.24, 2.45) is 11.8 Å². The van der Waals surface area contributed by atoms with Crippen LogP contribution in [0.1, 0.15) is 79.1 Å². The first-order valence-electron chi connectivity index (χ1n) is 12.2. The number of aliphatic carboxylic acids is 2. The fourth-order valence-electron chi connectivity index (χ4n) is 3.12. The van der Waals surface area contributed by atoms with E-state index in [1.165, 1.54) is 0 Å². The van der Waals surface area contributed by atoms with E-state index in [0.717, 1.165) is 51.4 Å². The van der Waals surface area contributed by atoms with Crippen LogP contribution in [0.2, 0.25) is 0 Å². The monoisotopic (exact) mass is 650 g/mol. The normalized spacial score (nSPS) is 11.8. The van der Waals surface area contributed by atoms with Gasteiger partial charge in [0.05, 0.1) is 11.8 Å². The Morgan fingerprint density at radius 2 is 1.00 bits per heavy atom. The predicted molar refractivity (Wildman–Crippen MR) is 140 cm³/mol. The summed E-state index contributed by atoms with van der Waals surface area (Å²) in [7, 11) is 0. The van der Waals surface area contributed by atoms with Crippen molar-refractivity contribution < 1.29 is 19.8 Å². The Morgan fingerprint density at radius 3 is 1.24 bits per heavy atom. The van der Waals surface area contributed by atoms with Crippen molar-refractivity contribution in [3.63, 3.8) is 0 Å².